The molecule has 2 spiro atoms. The van der Waals surface area contributed by atoms with Crippen molar-refractivity contribution in [1.29, 1.82) is 0 Å². The molecule has 306 valence electrons. The number of nitrogens with zero attached hydrogens (tertiary/aromatic N) is 5. The van der Waals surface area contributed by atoms with Crippen LogP contribution in [0.25, 0.3) is 0 Å². The highest BCUT2D eigenvalue weighted by atomic mass is 16.3. The second-order valence-corrected chi connectivity index (χ2v) is 16.6. The summed E-state index contributed by atoms with van der Waals surface area (Å²) in [6.45, 7) is 5.64. The fraction of sp³-hybridized carbons (Fsp3) is 0.383. The molecule has 12 nitrogen and oxygen atoms in total. The fourth-order valence-corrected chi connectivity index (χ4v) is 10.1. The van der Waals surface area contributed by atoms with Crippen LogP contribution in [-0.4, -0.2) is 85.1 Å². The maximum absolute atomic E-state index is 14.8. The van der Waals surface area contributed by atoms with E-state index in [-0.39, 0.29) is 25.0 Å². The molecular formula is C47H53N7O5. The van der Waals surface area contributed by atoms with Crippen LogP contribution in [0.5, 0.6) is 0 Å². The molecule has 0 saturated carbocycles. The van der Waals surface area contributed by atoms with Gasteiger partial charge in [0.15, 0.2) is 5.60 Å². The number of benzene rings is 4. The molecule has 0 radical (unpaired) electrons. The first-order valence-electron chi connectivity index (χ1n) is 21.0. The minimum absolute atomic E-state index is 0.00814. The Hall–Kier alpha value is -5.53. The SMILES string of the molecule is C[C@H](/C=C/CCO)[C@@]1(O)C(=O)N(Cc2cccc(N3CN(c4ccccc4)C4(CCNCC4)C3=O)c2)c2ccc(N3CN(c4ccccc4)C4(CCNCC4)C3=O)cc21. The number of rotatable bonds is 10. The van der Waals surface area contributed by atoms with Gasteiger partial charge >= 0.3 is 0 Å². The Labute approximate surface area is 345 Å². The van der Waals surface area contributed by atoms with Crippen LogP contribution < -0.4 is 35.1 Å². The maximum Gasteiger partial charge on any atom is 0.264 e. The second-order valence-electron chi connectivity index (χ2n) is 16.6. The van der Waals surface area contributed by atoms with E-state index in [9.17, 15) is 24.6 Å². The number of fused-ring (bicyclic) bond motifs is 1. The van der Waals surface area contributed by atoms with E-state index in [4.69, 9.17) is 0 Å². The summed E-state index contributed by atoms with van der Waals surface area (Å²) in [7, 11) is 0. The first-order valence-corrected chi connectivity index (χ1v) is 21.0. The topological polar surface area (TPSA) is 132 Å². The molecular weight excluding hydrogens is 743 g/mol. The molecule has 4 aromatic carbocycles. The van der Waals surface area contributed by atoms with Gasteiger partial charge in [0.1, 0.15) is 11.1 Å². The lowest BCUT2D eigenvalue weighted by molar-refractivity contribution is -0.139. The van der Waals surface area contributed by atoms with Gasteiger partial charge in [-0.1, -0.05) is 67.6 Å². The lowest BCUT2D eigenvalue weighted by Crippen LogP contribution is -2.55. The van der Waals surface area contributed by atoms with E-state index in [1.54, 1.807) is 22.0 Å². The van der Waals surface area contributed by atoms with E-state index in [0.717, 1.165) is 48.8 Å². The zero-order chi connectivity index (χ0) is 40.8. The van der Waals surface area contributed by atoms with Crippen molar-refractivity contribution in [2.45, 2.75) is 62.3 Å². The molecule has 0 aromatic heterocycles. The van der Waals surface area contributed by atoms with Crippen molar-refractivity contribution in [3.8, 4) is 0 Å². The molecule has 9 rings (SSSR count). The van der Waals surface area contributed by atoms with Crippen molar-refractivity contribution in [3.05, 3.63) is 126 Å². The Kier molecular flexibility index (Phi) is 10.3. The summed E-state index contributed by atoms with van der Waals surface area (Å²) in [5.41, 5.74) is 1.87. The van der Waals surface area contributed by atoms with Crippen molar-refractivity contribution in [1.82, 2.24) is 10.6 Å². The first kappa shape index (κ1) is 39.0. The van der Waals surface area contributed by atoms with Crippen LogP contribution in [0.2, 0.25) is 0 Å². The van der Waals surface area contributed by atoms with Crippen molar-refractivity contribution in [3.63, 3.8) is 0 Å². The molecule has 12 heteroatoms. The van der Waals surface area contributed by atoms with E-state index < -0.39 is 28.5 Å². The predicted octanol–water partition coefficient (Wildman–Crippen LogP) is 4.86. The third kappa shape index (κ3) is 6.40. The Morgan fingerprint density at radius 2 is 1.19 bits per heavy atom. The lowest BCUT2D eigenvalue weighted by Gasteiger charge is -2.39. The Balaban J connectivity index is 1.05. The lowest BCUT2D eigenvalue weighted by atomic mass is 9.82. The molecule has 5 aliphatic heterocycles. The maximum atomic E-state index is 14.8. The van der Waals surface area contributed by atoms with Gasteiger partial charge in [-0.05, 0) is 118 Å². The van der Waals surface area contributed by atoms with Crippen LogP contribution in [0, 0.1) is 5.92 Å². The minimum Gasteiger partial charge on any atom is -0.396 e. The number of hydrogen-bond donors (Lipinski definition) is 4. The molecule has 0 bridgehead atoms. The van der Waals surface area contributed by atoms with Crippen molar-refractivity contribution < 1.29 is 24.6 Å². The fourth-order valence-electron chi connectivity index (χ4n) is 10.1. The molecule has 4 fully saturated rings. The van der Waals surface area contributed by atoms with Gasteiger partial charge in [-0.3, -0.25) is 24.2 Å². The standard InChI is InChI=1S/C47H53N7O5/c1-34(11-8-9-28-55)47(59)40-30-39(52-33-54(37-15-6-3-7-16-37)46(43(52)57)22-26-49-27-23-46)18-19-41(40)50(44(47)58)31-35-12-10-17-38(29-35)51-32-53(36-13-4-2-5-14-36)45(42(51)56)20-24-48-25-21-45/h2-8,10-19,29-30,34,48-49,55,59H,9,20-28,31-33H2,1H3/b11-8+/t34-,47+/m1/s1. The molecule has 4 saturated heterocycles. The largest absolute Gasteiger partial charge is 0.396 e. The number of carbonyl (C=O) groups is 3. The summed E-state index contributed by atoms with van der Waals surface area (Å²) in [5, 5.41) is 29.0. The average Bonchev–Trinajstić information content (AvgIpc) is 3.80. The van der Waals surface area contributed by atoms with Crippen LogP contribution in [0.4, 0.5) is 28.4 Å². The Bertz CT molecular complexity index is 2240. The Morgan fingerprint density at radius 3 is 1.73 bits per heavy atom. The summed E-state index contributed by atoms with van der Waals surface area (Å²) in [6, 6.07) is 33.5. The second kappa shape index (κ2) is 15.6. The first-order chi connectivity index (χ1) is 28.7. The summed E-state index contributed by atoms with van der Waals surface area (Å²) >= 11 is 0. The summed E-state index contributed by atoms with van der Waals surface area (Å²) < 4.78 is 0. The quantitative estimate of drug-likeness (QED) is 0.166. The van der Waals surface area contributed by atoms with Gasteiger partial charge in [0.05, 0.1) is 25.6 Å². The molecule has 2 atom stereocenters. The number of piperidine rings is 2. The molecule has 0 unspecified atom stereocenters. The highest BCUT2D eigenvalue weighted by molar-refractivity contribution is 6.10. The van der Waals surface area contributed by atoms with Crippen molar-refractivity contribution in [2.24, 2.45) is 5.92 Å². The van der Waals surface area contributed by atoms with Gasteiger partial charge in [-0.15, -0.1) is 0 Å². The van der Waals surface area contributed by atoms with Crippen LogP contribution in [-0.2, 0) is 26.5 Å². The van der Waals surface area contributed by atoms with Crippen LogP contribution >= 0.6 is 0 Å². The summed E-state index contributed by atoms with van der Waals surface area (Å²) in [5.74, 6) is -1.04. The van der Waals surface area contributed by atoms with Gasteiger partial charge in [0.25, 0.3) is 17.7 Å². The van der Waals surface area contributed by atoms with E-state index in [1.165, 1.54) is 0 Å². The van der Waals surface area contributed by atoms with Crippen LogP contribution in [0.3, 0.4) is 0 Å². The zero-order valence-electron chi connectivity index (χ0n) is 33.6. The van der Waals surface area contributed by atoms with E-state index in [2.05, 4.69) is 32.6 Å². The minimum atomic E-state index is -1.94. The van der Waals surface area contributed by atoms with Crippen LogP contribution in [0.15, 0.2) is 115 Å². The Morgan fingerprint density at radius 1 is 0.661 bits per heavy atom. The number of para-hydroxylation sites is 2. The number of amides is 3. The average molecular weight is 796 g/mol. The normalized spacial score (nSPS) is 23.0. The molecule has 4 N–H and O–H groups in total. The third-order valence-corrected chi connectivity index (χ3v) is 13.4. The highest BCUT2D eigenvalue weighted by Gasteiger charge is 2.56. The summed E-state index contributed by atoms with van der Waals surface area (Å²) in [6.07, 6.45) is 6.69. The van der Waals surface area contributed by atoms with Crippen LogP contribution in [0.1, 0.15) is 50.2 Å². The monoisotopic (exact) mass is 795 g/mol. The smallest absolute Gasteiger partial charge is 0.264 e. The van der Waals surface area contributed by atoms with Crippen molar-refractivity contribution in [2.75, 3.05) is 70.6 Å². The zero-order valence-corrected chi connectivity index (χ0v) is 33.6. The van der Waals surface area contributed by atoms with Gasteiger partial charge in [-0.2, -0.15) is 0 Å². The number of nitrogens with one attached hydrogen (secondary N) is 2. The molecule has 5 aliphatic rings. The molecule has 59 heavy (non-hydrogen) atoms. The number of carbonyl (C=O) groups excluding carboxylic acids is 3. The number of aliphatic hydroxyl groups excluding tert-OH is 1. The molecule has 4 aromatic rings. The van der Waals surface area contributed by atoms with Gasteiger partial charge in [-0.25, -0.2) is 0 Å². The molecule has 5 heterocycles. The number of anilines is 5. The highest BCUT2D eigenvalue weighted by Crippen LogP contribution is 2.49. The summed E-state index contributed by atoms with van der Waals surface area (Å²) in [4.78, 5) is 53.6. The predicted molar refractivity (Wildman–Crippen MR) is 230 cm³/mol. The molecule has 3 amide bonds. The van der Waals surface area contributed by atoms with E-state index in [1.807, 2.05) is 103 Å². The van der Waals surface area contributed by atoms with Gasteiger partial charge < -0.3 is 35.5 Å². The van der Waals surface area contributed by atoms with E-state index >= 15 is 0 Å². The molecule has 0 aliphatic carbocycles. The van der Waals surface area contributed by atoms with Gasteiger partial charge in [0.2, 0.25) is 0 Å². The number of hydrogen-bond acceptors (Lipinski definition) is 9. The van der Waals surface area contributed by atoms with Gasteiger partial charge in [0, 0.05) is 40.8 Å². The third-order valence-electron chi connectivity index (χ3n) is 13.4. The van der Waals surface area contributed by atoms with Crippen molar-refractivity contribution >= 4 is 46.2 Å². The number of aliphatic hydroxyl groups is 2. The van der Waals surface area contributed by atoms with E-state index in [0.29, 0.717) is 62.4 Å².